The first-order valence-corrected chi connectivity index (χ1v) is 12.3. The molecule has 37 heavy (non-hydrogen) atoms. The minimum Gasteiger partial charge on any atom is -0.374 e. The van der Waals surface area contributed by atoms with Crippen molar-refractivity contribution in [2.75, 3.05) is 5.32 Å². The molecule has 0 saturated carbocycles. The summed E-state index contributed by atoms with van der Waals surface area (Å²) in [5, 5.41) is 22.1. The van der Waals surface area contributed by atoms with E-state index < -0.39 is 6.23 Å². The monoisotopic (exact) mass is 489 g/mol. The van der Waals surface area contributed by atoms with E-state index in [0.717, 1.165) is 55.7 Å². The fourth-order valence-corrected chi connectivity index (χ4v) is 4.62. The third-order valence-corrected chi connectivity index (χ3v) is 6.34. The molecule has 6 aromatic rings. The maximum Gasteiger partial charge on any atom is 0.159 e. The van der Waals surface area contributed by atoms with Crippen molar-refractivity contribution in [2.45, 2.75) is 26.5 Å². The molecule has 4 heterocycles. The molecule has 0 aliphatic heterocycles. The van der Waals surface area contributed by atoms with E-state index in [1.54, 1.807) is 12.4 Å². The molecule has 184 valence electrons. The minimum absolute atomic E-state index is 0.388. The highest BCUT2D eigenvalue weighted by Crippen LogP contribution is 2.33. The van der Waals surface area contributed by atoms with Crippen molar-refractivity contribution in [3.05, 3.63) is 79.3 Å². The van der Waals surface area contributed by atoms with E-state index in [-0.39, 0.29) is 0 Å². The molecular weight excluding hydrogens is 462 g/mol. The summed E-state index contributed by atoms with van der Waals surface area (Å²) in [4.78, 5) is 17.3. The van der Waals surface area contributed by atoms with Crippen LogP contribution >= 0.6 is 0 Å². The van der Waals surface area contributed by atoms with E-state index >= 15 is 0 Å². The van der Waals surface area contributed by atoms with Crippen LogP contribution < -0.4 is 5.32 Å². The molecule has 0 spiro atoms. The number of pyridine rings is 2. The highest BCUT2D eigenvalue weighted by atomic mass is 16.3. The van der Waals surface area contributed by atoms with Gasteiger partial charge in [0.05, 0.1) is 34.1 Å². The Labute approximate surface area is 213 Å². The predicted molar refractivity (Wildman–Crippen MR) is 147 cm³/mol. The standard InChI is InChI=1S/C29H27N7O/c1-17(2)12-26(37)32-20-13-19(15-30-16-20)18-9-10-24-22(14-18)28(36-35-24)29-33-25-8-5-6-21(27(25)34-29)23-7-3-4-11-31-23/h3-11,13-17,26,32,37H,12H2,1-2H3,(H,33,34)(H,35,36). The van der Waals surface area contributed by atoms with Crippen LogP contribution in [0.25, 0.3) is 55.8 Å². The Morgan fingerprint density at radius 1 is 0.946 bits per heavy atom. The van der Waals surface area contributed by atoms with Gasteiger partial charge >= 0.3 is 0 Å². The van der Waals surface area contributed by atoms with Gasteiger partial charge in [-0.25, -0.2) is 4.98 Å². The molecule has 0 saturated heterocycles. The normalized spacial score (nSPS) is 12.4. The molecule has 8 heteroatoms. The van der Waals surface area contributed by atoms with Crippen LogP contribution in [-0.2, 0) is 0 Å². The Bertz CT molecular complexity index is 1690. The molecule has 0 aliphatic carbocycles. The molecule has 4 N–H and O–H groups in total. The molecule has 6 rings (SSSR count). The average Bonchev–Trinajstić information content (AvgIpc) is 3.52. The van der Waals surface area contributed by atoms with Gasteiger partial charge in [-0.3, -0.25) is 15.1 Å². The van der Waals surface area contributed by atoms with Crippen molar-refractivity contribution in [3.63, 3.8) is 0 Å². The second-order valence-corrected chi connectivity index (χ2v) is 9.59. The number of benzene rings is 2. The van der Waals surface area contributed by atoms with Gasteiger partial charge in [0.1, 0.15) is 11.9 Å². The lowest BCUT2D eigenvalue weighted by Crippen LogP contribution is -2.20. The highest BCUT2D eigenvalue weighted by Gasteiger charge is 2.16. The van der Waals surface area contributed by atoms with Gasteiger partial charge in [0.2, 0.25) is 0 Å². The van der Waals surface area contributed by atoms with E-state index in [9.17, 15) is 5.11 Å². The molecule has 0 amide bonds. The van der Waals surface area contributed by atoms with Gasteiger partial charge in [0.25, 0.3) is 0 Å². The molecular formula is C29H27N7O. The van der Waals surface area contributed by atoms with E-state index in [2.05, 4.69) is 50.4 Å². The lowest BCUT2D eigenvalue weighted by Gasteiger charge is -2.16. The molecule has 0 radical (unpaired) electrons. The van der Waals surface area contributed by atoms with Crippen LogP contribution in [0.2, 0.25) is 0 Å². The first-order valence-electron chi connectivity index (χ1n) is 12.3. The third kappa shape index (κ3) is 4.54. The smallest absolute Gasteiger partial charge is 0.159 e. The first kappa shape index (κ1) is 22.9. The number of rotatable bonds is 7. The number of fused-ring (bicyclic) bond motifs is 2. The molecule has 1 unspecified atom stereocenters. The maximum absolute atomic E-state index is 10.3. The summed E-state index contributed by atoms with van der Waals surface area (Å²) in [7, 11) is 0. The number of nitrogens with zero attached hydrogens (tertiary/aromatic N) is 4. The Hall–Kier alpha value is -4.56. The van der Waals surface area contributed by atoms with Crippen molar-refractivity contribution in [3.8, 4) is 33.9 Å². The number of H-pyrrole nitrogens is 2. The lowest BCUT2D eigenvalue weighted by atomic mass is 10.0. The van der Waals surface area contributed by atoms with Crippen LogP contribution in [0.4, 0.5) is 5.69 Å². The topological polar surface area (TPSA) is 115 Å². The van der Waals surface area contributed by atoms with Crippen LogP contribution in [0.1, 0.15) is 20.3 Å². The summed E-state index contributed by atoms with van der Waals surface area (Å²) >= 11 is 0. The second-order valence-electron chi connectivity index (χ2n) is 9.59. The lowest BCUT2D eigenvalue weighted by molar-refractivity contribution is 0.176. The van der Waals surface area contributed by atoms with Gasteiger partial charge in [0.15, 0.2) is 5.82 Å². The number of aromatic nitrogens is 6. The number of aromatic amines is 2. The van der Waals surface area contributed by atoms with Gasteiger partial charge in [-0.05, 0) is 54.3 Å². The Morgan fingerprint density at radius 2 is 1.86 bits per heavy atom. The maximum atomic E-state index is 10.3. The van der Waals surface area contributed by atoms with Crippen LogP contribution in [0.3, 0.4) is 0 Å². The molecule has 8 nitrogen and oxygen atoms in total. The van der Waals surface area contributed by atoms with Crippen molar-refractivity contribution in [2.24, 2.45) is 5.92 Å². The quantitative estimate of drug-likeness (QED) is 0.204. The van der Waals surface area contributed by atoms with Gasteiger partial charge < -0.3 is 15.4 Å². The molecule has 0 aliphatic rings. The number of hydrogen-bond donors (Lipinski definition) is 4. The first-order chi connectivity index (χ1) is 18.0. The zero-order valence-corrected chi connectivity index (χ0v) is 20.6. The largest absolute Gasteiger partial charge is 0.374 e. The Balaban J connectivity index is 1.38. The zero-order valence-electron chi connectivity index (χ0n) is 20.6. The van der Waals surface area contributed by atoms with Crippen molar-refractivity contribution >= 4 is 27.6 Å². The Morgan fingerprint density at radius 3 is 2.70 bits per heavy atom. The molecule has 2 aromatic carbocycles. The number of aliphatic hydroxyl groups is 1. The fourth-order valence-electron chi connectivity index (χ4n) is 4.62. The third-order valence-electron chi connectivity index (χ3n) is 6.34. The molecule has 1 atom stereocenters. The van der Waals surface area contributed by atoms with Crippen molar-refractivity contribution in [1.29, 1.82) is 0 Å². The van der Waals surface area contributed by atoms with E-state index in [1.165, 1.54) is 0 Å². The summed E-state index contributed by atoms with van der Waals surface area (Å²) in [5.74, 6) is 1.07. The summed E-state index contributed by atoms with van der Waals surface area (Å²) in [6.45, 7) is 4.16. The number of anilines is 1. The predicted octanol–water partition coefficient (Wildman–Crippen LogP) is 6.01. The Kier molecular flexibility index (Phi) is 5.86. The van der Waals surface area contributed by atoms with Crippen LogP contribution in [0, 0.1) is 5.92 Å². The van der Waals surface area contributed by atoms with E-state index in [0.29, 0.717) is 18.2 Å². The van der Waals surface area contributed by atoms with Crippen molar-refractivity contribution < 1.29 is 5.11 Å². The summed E-state index contributed by atoms with van der Waals surface area (Å²) in [5.41, 5.74) is 7.99. The van der Waals surface area contributed by atoms with Crippen LogP contribution in [-0.4, -0.2) is 41.5 Å². The summed E-state index contributed by atoms with van der Waals surface area (Å²) < 4.78 is 0. The zero-order chi connectivity index (χ0) is 25.4. The second kappa shape index (κ2) is 9.48. The van der Waals surface area contributed by atoms with E-state index in [1.807, 2.05) is 60.8 Å². The number of para-hydroxylation sites is 1. The SMILES string of the molecule is CC(C)CC(O)Nc1cncc(-c2ccc3[nH]nc(-c4nc5c(-c6ccccn6)cccc5[nH]4)c3c2)c1. The molecule has 0 fully saturated rings. The van der Waals surface area contributed by atoms with Crippen LogP contribution in [0.15, 0.2) is 79.3 Å². The van der Waals surface area contributed by atoms with Gasteiger partial charge in [-0.15, -0.1) is 0 Å². The average molecular weight is 490 g/mol. The van der Waals surface area contributed by atoms with Gasteiger partial charge in [-0.2, -0.15) is 5.10 Å². The van der Waals surface area contributed by atoms with E-state index in [4.69, 9.17) is 4.98 Å². The number of aliphatic hydroxyl groups excluding tert-OH is 1. The van der Waals surface area contributed by atoms with Crippen molar-refractivity contribution in [1.82, 2.24) is 30.1 Å². The fraction of sp³-hybridized carbons (Fsp3) is 0.172. The summed E-state index contributed by atoms with van der Waals surface area (Å²) in [6.07, 6.45) is 5.37. The number of imidazole rings is 1. The van der Waals surface area contributed by atoms with Crippen LogP contribution in [0.5, 0.6) is 0 Å². The number of hydrogen-bond acceptors (Lipinski definition) is 6. The summed E-state index contributed by atoms with van der Waals surface area (Å²) in [6, 6.07) is 20.0. The van der Waals surface area contributed by atoms with Gasteiger partial charge in [0, 0.05) is 28.9 Å². The number of nitrogens with one attached hydrogen (secondary N) is 3. The van der Waals surface area contributed by atoms with Gasteiger partial charge in [-0.1, -0.05) is 38.1 Å². The molecule has 4 aromatic heterocycles. The molecule has 0 bridgehead atoms. The minimum atomic E-state index is -0.621. The highest BCUT2D eigenvalue weighted by molar-refractivity contribution is 5.98.